The topological polar surface area (TPSA) is 105 Å². The highest BCUT2D eigenvalue weighted by Gasteiger charge is 2.40. The number of aromatic nitrogens is 1. The molecule has 1 aliphatic carbocycles. The molecule has 1 aromatic heterocycles. The third kappa shape index (κ3) is 4.88. The van der Waals surface area contributed by atoms with Gasteiger partial charge in [-0.3, -0.25) is 14.6 Å². The second-order valence-electron chi connectivity index (χ2n) is 8.89. The molecular formula is C26H28FN3O3. The number of hydrogen-bond donors (Lipinski definition) is 3. The third-order valence-corrected chi connectivity index (χ3v) is 6.73. The summed E-state index contributed by atoms with van der Waals surface area (Å²) in [6, 6.07) is 11.9. The van der Waals surface area contributed by atoms with E-state index in [2.05, 4.69) is 10.3 Å². The molecule has 0 radical (unpaired) electrons. The normalized spacial score (nSPS) is 16.3. The lowest BCUT2D eigenvalue weighted by atomic mass is 9.70. The van der Waals surface area contributed by atoms with Crippen LogP contribution in [0.25, 0.3) is 10.8 Å². The van der Waals surface area contributed by atoms with Crippen molar-refractivity contribution in [2.24, 2.45) is 11.1 Å². The van der Waals surface area contributed by atoms with Gasteiger partial charge < -0.3 is 16.2 Å². The standard InChI is InChI=1S/C26H28FN3O3/c27-23-7-5-18(12-20(23)14-26(25(32)33)9-2-1-3-10-26)22(15-28)24(31)30-21-6-4-19-16-29-11-8-17(19)13-21/h4-8,11-13,16,22H,1-3,9-10,14-15,28H2,(H,30,31)(H,32,33). The zero-order chi connectivity index (χ0) is 23.4. The van der Waals surface area contributed by atoms with Crippen LogP contribution in [0.2, 0.25) is 0 Å². The average molecular weight is 450 g/mol. The Morgan fingerprint density at radius 1 is 1.09 bits per heavy atom. The first-order valence-corrected chi connectivity index (χ1v) is 11.3. The van der Waals surface area contributed by atoms with Gasteiger partial charge in [-0.25, -0.2) is 4.39 Å². The highest BCUT2D eigenvalue weighted by atomic mass is 19.1. The summed E-state index contributed by atoms with van der Waals surface area (Å²) in [5.41, 5.74) is 6.51. The number of aliphatic carboxylic acids is 1. The molecule has 1 heterocycles. The van der Waals surface area contributed by atoms with Gasteiger partial charge >= 0.3 is 5.97 Å². The van der Waals surface area contributed by atoms with E-state index in [1.165, 1.54) is 6.07 Å². The maximum atomic E-state index is 14.7. The Morgan fingerprint density at radius 2 is 1.88 bits per heavy atom. The number of rotatable bonds is 7. The van der Waals surface area contributed by atoms with Crippen molar-refractivity contribution in [3.8, 4) is 0 Å². The number of carboxylic acid groups (broad SMARTS) is 1. The van der Waals surface area contributed by atoms with E-state index >= 15 is 0 Å². The molecule has 1 saturated carbocycles. The predicted octanol–water partition coefficient (Wildman–Crippen LogP) is 4.63. The summed E-state index contributed by atoms with van der Waals surface area (Å²) in [6.45, 7) is 0.0402. The van der Waals surface area contributed by atoms with Gasteiger partial charge in [-0.15, -0.1) is 0 Å². The van der Waals surface area contributed by atoms with E-state index in [1.807, 2.05) is 18.2 Å². The van der Waals surface area contributed by atoms with E-state index in [-0.39, 0.29) is 18.9 Å². The Bertz CT molecular complexity index is 1170. The number of nitrogens with zero attached hydrogens (tertiary/aromatic N) is 1. The SMILES string of the molecule is NCC(C(=O)Nc1ccc2cnccc2c1)c1ccc(F)c(CC2(C(=O)O)CCCCC2)c1. The van der Waals surface area contributed by atoms with Gasteiger partial charge in [0.25, 0.3) is 0 Å². The molecule has 0 spiro atoms. The number of pyridine rings is 1. The largest absolute Gasteiger partial charge is 0.481 e. The Hall–Kier alpha value is -3.32. The smallest absolute Gasteiger partial charge is 0.309 e. The number of carbonyl (C=O) groups excluding carboxylic acids is 1. The van der Waals surface area contributed by atoms with E-state index < -0.39 is 23.1 Å². The fourth-order valence-electron chi connectivity index (χ4n) is 4.79. The highest BCUT2D eigenvalue weighted by molar-refractivity contribution is 5.98. The van der Waals surface area contributed by atoms with Crippen LogP contribution in [-0.2, 0) is 16.0 Å². The van der Waals surface area contributed by atoms with Crippen molar-refractivity contribution in [1.29, 1.82) is 0 Å². The van der Waals surface area contributed by atoms with Crippen LogP contribution >= 0.6 is 0 Å². The van der Waals surface area contributed by atoms with Gasteiger partial charge in [-0.05, 0) is 60.0 Å². The summed E-state index contributed by atoms with van der Waals surface area (Å²) in [4.78, 5) is 29.2. The van der Waals surface area contributed by atoms with Gasteiger partial charge in [0.05, 0.1) is 11.3 Å². The van der Waals surface area contributed by atoms with Crippen LogP contribution in [0.5, 0.6) is 0 Å². The van der Waals surface area contributed by atoms with Crippen molar-refractivity contribution in [2.45, 2.75) is 44.4 Å². The maximum Gasteiger partial charge on any atom is 0.309 e. The van der Waals surface area contributed by atoms with E-state index in [9.17, 15) is 19.1 Å². The summed E-state index contributed by atoms with van der Waals surface area (Å²) in [6.07, 6.45) is 7.26. The first kappa shape index (κ1) is 22.9. The van der Waals surface area contributed by atoms with Crippen LogP contribution in [-0.4, -0.2) is 28.5 Å². The quantitative estimate of drug-likeness (QED) is 0.488. The lowest BCUT2D eigenvalue weighted by Crippen LogP contribution is -2.36. The third-order valence-electron chi connectivity index (χ3n) is 6.73. The van der Waals surface area contributed by atoms with Gasteiger partial charge in [-0.1, -0.05) is 37.5 Å². The number of halogens is 1. The van der Waals surface area contributed by atoms with E-state index in [0.717, 1.165) is 30.0 Å². The summed E-state index contributed by atoms with van der Waals surface area (Å²) < 4.78 is 14.7. The zero-order valence-electron chi connectivity index (χ0n) is 18.4. The Kier molecular flexibility index (Phi) is 6.70. The summed E-state index contributed by atoms with van der Waals surface area (Å²) >= 11 is 0. The van der Waals surface area contributed by atoms with Gasteiger partial charge in [-0.2, -0.15) is 0 Å². The summed E-state index contributed by atoms with van der Waals surface area (Å²) in [5, 5.41) is 14.7. The number of anilines is 1. The van der Waals surface area contributed by atoms with E-state index in [4.69, 9.17) is 5.73 Å². The number of amides is 1. The molecule has 4 N–H and O–H groups in total. The lowest BCUT2D eigenvalue weighted by molar-refractivity contribution is -0.151. The molecule has 1 amide bonds. The molecule has 1 aliphatic rings. The highest BCUT2D eigenvalue weighted by Crippen LogP contribution is 2.40. The van der Waals surface area contributed by atoms with Crippen molar-refractivity contribution in [2.75, 3.05) is 11.9 Å². The fourth-order valence-corrected chi connectivity index (χ4v) is 4.79. The summed E-state index contributed by atoms with van der Waals surface area (Å²) in [7, 11) is 0. The molecule has 7 heteroatoms. The number of benzene rings is 2. The zero-order valence-corrected chi connectivity index (χ0v) is 18.4. The van der Waals surface area contributed by atoms with Gasteiger partial charge in [0.2, 0.25) is 5.91 Å². The molecule has 1 unspecified atom stereocenters. The number of nitrogens with one attached hydrogen (secondary N) is 1. The number of carboxylic acids is 1. The Balaban J connectivity index is 1.57. The monoisotopic (exact) mass is 449 g/mol. The number of nitrogens with two attached hydrogens (primary N) is 1. The van der Waals surface area contributed by atoms with Crippen molar-refractivity contribution in [1.82, 2.24) is 4.98 Å². The fraction of sp³-hybridized carbons (Fsp3) is 0.346. The van der Waals surface area contributed by atoms with Crippen LogP contribution in [0.15, 0.2) is 54.9 Å². The Morgan fingerprint density at radius 3 is 2.61 bits per heavy atom. The Labute approximate surface area is 192 Å². The van der Waals surface area contributed by atoms with Crippen molar-refractivity contribution in [3.63, 3.8) is 0 Å². The number of hydrogen-bond acceptors (Lipinski definition) is 4. The predicted molar refractivity (Wildman–Crippen MR) is 125 cm³/mol. The molecule has 2 aromatic carbocycles. The van der Waals surface area contributed by atoms with Crippen molar-refractivity contribution in [3.05, 3.63) is 71.8 Å². The molecule has 0 saturated heterocycles. The maximum absolute atomic E-state index is 14.7. The molecule has 4 rings (SSSR count). The number of fused-ring (bicyclic) bond motifs is 1. The second-order valence-corrected chi connectivity index (χ2v) is 8.89. The van der Waals surface area contributed by atoms with Crippen LogP contribution in [0.3, 0.4) is 0 Å². The minimum Gasteiger partial charge on any atom is -0.481 e. The van der Waals surface area contributed by atoms with E-state index in [0.29, 0.717) is 29.7 Å². The first-order chi connectivity index (χ1) is 15.9. The minimum atomic E-state index is -0.960. The molecule has 0 bridgehead atoms. The second kappa shape index (κ2) is 9.67. The minimum absolute atomic E-state index is 0.0402. The van der Waals surface area contributed by atoms with Crippen LogP contribution in [0.1, 0.15) is 49.1 Å². The molecule has 3 aromatic rings. The number of carbonyl (C=O) groups is 2. The van der Waals surface area contributed by atoms with Gasteiger partial charge in [0, 0.05) is 30.0 Å². The van der Waals surface area contributed by atoms with Crippen LogP contribution in [0.4, 0.5) is 10.1 Å². The molecule has 1 atom stereocenters. The first-order valence-electron chi connectivity index (χ1n) is 11.3. The van der Waals surface area contributed by atoms with Gasteiger partial charge in [0.15, 0.2) is 0 Å². The molecule has 6 nitrogen and oxygen atoms in total. The molecule has 1 fully saturated rings. The van der Waals surface area contributed by atoms with Crippen LogP contribution in [0, 0.1) is 11.2 Å². The van der Waals surface area contributed by atoms with Crippen molar-refractivity contribution >= 4 is 28.3 Å². The van der Waals surface area contributed by atoms with Crippen LogP contribution < -0.4 is 11.1 Å². The van der Waals surface area contributed by atoms with Crippen molar-refractivity contribution < 1.29 is 19.1 Å². The average Bonchev–Trinajstić information content (AvgIpc) is 2.82. The molecule has 172 valence electrons. The summed E-state index contributed by atoms with van der Waals surface area (Å²) in [5.74, 6) is -2.32. The lowest BCUT2D eigenvalue weighted by Gasteiger charge is -2.33. The molecular weight excluding hydrogens is 421 g/mol. The van der Waals surface area contributed by atoms with E-state index in [1.54, 1.807) is 30.6 Å². The molecule has 0 aliphatic heterocycles. The van der Waals surface area contributed by atoms with Gasteiger partial charge in [0.1, 0.15) is 5.82 Å². The molecule has 33 heavy (non-hydrogen) atoms.